The van der Waals surface area contributed by atoms with E-state index in [1.165, 1.54) is 12.1 Å². The SMILES string of the molecule is CC(C)C1CN(Cc2ccc(F)cc2Cl)C(C)(C)CN1. The first-order valence-corrected chi connectivity index (χ1v) is 7.60. The maximum Gasteiger partial charge on any atom is 0.124 e. The molecule has 0 radical (unpaired) electrons. The summed E-state index contributed by atoms with van der Waals surface area (Å²) in [6.07, 6.45) is 0. The smallest absolute Gasteiger partial charge is 0.124 e. The van der Waals surface area contributed by atoms with Crippen LogP contribution in [0.5, 0.6) is 0 Å². The fraction of sp³-hybridized carbons (Fsp3) is 0.625. The molecule has 0 bridgehead atoms. The highest BCUT2D eigenvalue weighted by molar-refractivity contribution is 6.31. The Balaban J connectivity index is 2.16. The van der Waals surface area contributed by atoms with E-state index in [0.29, 0.717) is 17.0 Å². The van der Waals surface area contributed by atoms with E-state index in [0.717, 1.165) is 25.2 Å². The van der Waals surface area contributed by atoms with Crippen LogP contribution in [0.2, 0.25) is 5.02 Å². The Morgan fingerprint density at radius 3 is 2.75 bits per heavy atom. The van der Waals surface area contributed by atoms with Crippen molar-refractivity contribution >= 4 is 11.6 Å². The quantitative estimate of drug-likeness (QED) is 0.915. The van der Waals surface area contributed by atoms with Crippen molar-refractivity contribution in [1.82, 2.24) is 10.2 Å². The summed E-state index contributed by atoms with van der Waals surface area (Å²) >= 11 is 6.16. The zero-order chi connectivity index (χ0) is 14.9. The van der Waals surface area contributed by atoms with Gasteiger partial charge in [-0.3, -0.25) is 4.90 Å². The van der Waals surface area contributed by atoms with Crippen molar-refractivity contribution in [3.8, 4) is 0 Å². The van der Waals surface area contributed by atoms with Crippen molar-refractivity contribution in [3.05, 3.63) is 34.6 Å². The van der Waals surface area contributed by atoms with Crippen LogP contribution in [0, 0.1) is 11.7 Å². The van der Waals surface area contributed by atoms with Crippen molar-refractivity contribution in [3.63, 3.8) is 0 Å². The first kappa shape index (κ1) is 15.7. The predicted octanol–water partition coefficient (Wildman–Crippen LogP) is 3.69. The number of halogens is 2. The van der Waals surface area contributed by atoms with Crippen LogP contribution >= 0.6 is 11.6 Å². The van der Waals surface area contributed by atoms with Crippen molar-refractivity contribution < 1.29 is 4.39 Å². The van der Waals surface area contributed by atoms with Gasteiger partial charge in [-0.05, 0) is 37.5 Å². The van der Waals surface area contributed by atoms with Gasteiger partial charge >= 0.3 is 0 Å². The summed E-state index contributed by atoms with van der Waals surface area (Å²) in [5.74, 6) is 0.315. The topological polar surface area (TPSA) is 15.3 Å². The summed E-state index contributed by atoms with van der Waals surface area (Å²) in [6, 6.07) is 5.16. The van der Waals surface area contributed by atoms with Crippen LogP contribution in [0.1, 0.15) is 33.3 Å². The lowest BCUT2D eigenvalue weighted by Crippen LogP contribution is -2.62. The van der Waals surface area contributed by atoms with Crippen LogP contribution in [0.3, 0.4) is 0 Å². The molecule has 1 aromatic rings. The van der Waals surface area contributed by atoms with E-state index in [2.05, 4.69) is 37.9 Å². The molecule has 1 aromatic carbocycles. The highest BCUT2D eigenvalue weighted by atomic mass is 35.5. The zero-order valence-corrected chi connectivity index (χ0v) is 13.5. The molecular formula is C16H24ClFN2. The molecule has 1 unspecified atom stereocenters. The predicted molar refractivity (Wildman–Crippen MR) is 82.5 cm³/mol. The number of hydrogen-bond acceptors (Lipinski definition) is 2. The Hall–Kier alpha value is -0.640. The largest absolute Gasteiger partial charge is 0.311 e. The molecule has 1 N–H and O–H groups in total. The van der Waals surface area contributed by atoms with Gasteiger partial charge in [-0.15, -0.1) is 0 Å². The fourth-order valence-corrected chi connectivity index (χ4v) is 2.85. The van der Waals surface area contributed by atoms with Crippen molar-refractivity contribution in [2.45, 2.75) is 45.8 Å². The Kier molecular flexibility index (Phi) is 4.73. The van der Waals surface area contributed by atoms with E-state index < -0.39 is 0 Å². The Labute approximate surface area is 126 Å². The third-order valence-electron chi connectivity index (χ3n) is 4.25. The second kappa shape index (κ2) is 6.00. The summed E-state index contributed by atoms with van der Waals surface area (Å²) in [7, 11) is 0. The maximum absolute atomic E-state index is 13.1. The number of benzene rings is 1. The molecular weight excluding hydrogens is 275 g/mol. The molecule has 0 aromatic heterocycles. The summed E-state index contributed by atoms with van der Waals surface area (Å²) < 4.78 is 13.1. The molecule has 0 aliphatic carbocycles. The minimum Gasteiger partial charge on any atom is -0.311 e. The molecule has 2 nitrogen and oxygen atoms in total. The molecule has 20 heavy (non-hydrogen) atoms. The molecule has 112 valence electrons. The lowest BCUT2D eigenvalue weighted by molar-refractivity contribution is 0.0475. The molecule has 1 fully saturated rings. The van der Waals surface area contributed by atoms with Gasteiger partial charge in [0.05, 0.1) is 0 Å². The number of rotatable bonds is 3. The average molecular weight is 299 g/mol. The van der Waals surface area contributed by atoms with Gasteiger partial charge in [-0.25, -0.2) is 4.39 Å². The first-order valence-electron chi connectivity index (χ1n) is 7.22. The van der Waals surface area contributed by atoms with Crippen molar-refractivity contribution in [2.24, 2.45) is 5.92 Å². The molecule has 1 aliphatic rings. The zero-order valence-electron chi connectivity index (χ0n) is 12.7. The van der Waals surface area contributed by atoms with Gasteiger partial charge in [0.25, 0.3) is 0 Å². The Morgan fingerprint density at radius 1 is 1.45 bits per heavy atom. The van der Waals surface area contributed by atoms with Gasteiger partial charge in [-0.1, -0.05) is 31.5 Å². The molecule has 2 rings (SSSR count). The normalized spacial score (nSPS) is 23.2. The highest BCUT2D eigenvalue weighted by Crippen LogP contribution is 2.26. The number of hydrogen-bond donors (Lipinski definition) is 1. The third kappa shape index (κ3) is 3.51. The first-order chi connectivity index (χ1) is 9.29. The van der Waals surface area contributed by atoms with Gasteiger partial charge in [0.15, 0.2) is 0 Å². The van der Waals surface area contributed by atoms with Crippen LogP contribution < -0.4 is 5.32 Å². The fourth-order valence-electron chi connectivity index (χ4n) is 2.62. The van der Waals surface area contributed by atoms with Crippen LogP contribution in [0.25, 0.3) is 0 Å². The number of nitrogens with zero attached hydrogens (tertiary/aromatic N) is 1. The lowest BCUT2D eigenvalue weighted by atomic mass is 9.92. The molecule has 1 saturated heterocycles. The molecule has 1 heterocycles. The van der Waals surface area contributed by atoms with Crippen LogP contribution in [-0.2, 0) is 6.54 Å². The summed E-state index contributed by atoms with van der Waals surface area (Å²) in [6.45, 7) is 11.6. The third-order valence-corrected chi connectivity index (χ3v) is 4.60. The van der Waals surface area contributed by atoms with E-state index in [1.807, 2.05) is 0 Å². The number of nitrogens with one attached hydrogen (secondary N) is 1. The summed E-state index contributed by atoms with van der Waals surface area (Å²) in [5, 5.41) is 4.13. The van der Waals surface area contributed by atoms with Gasteiger partial charge in [0.1, 0.15) is 5.82 Å². The van der Waals surface area contributed by atoms with E-state index in [9.17, 15) is 4.39 Å². The lowest BCUT2D eigenvalue weighted by Gasteiger charge is -2.47. The van der Waals surface area contributed by atoms with Gasteiger partial charge in [-0.2, -0.15) is 0 Å². The second-order valence-electron chi connectivity index (χ2n) is 6.66. The maximum atomic E-state index is 13.1. The van der Waals surface area contributed by atoms with Gasteiger partial charge in [0, 0.05) is 36.2 Å². The molecule has 4 heteroatoms. The molecule has 1 atom stereocenters. The van der Waals surface area contributed by atoms with Gasteiger partial charge < -0.3 is 5.32 Å². The summed E-state index contributed by atoms with van der Waals surface area (Å²) in [4.78, 5) is 2.44. The molecule has 0 saturated carbocycles. The minimum atomic E-state index is -0.279. The summed E-state index contributed by atoms with van der Waals surface area (Å²) in [5.41, 5.74) is 1.06. The highest BCUT2D eigenvalue weighted by Gasteiger charge is 2.34. The standard InChI is InChI=1S/C16H24ClFN2/c1-11(2)15-9-20(16(3,4)10-19-15)8-12-5-6-13(18)7-14(12)17/h5-7,11,15,19H,8-10H2,1-4H3. The number of piperazine rings is 1. The van der Waals surface area contributed by atoms with Crippen molar-refractivity contribution in [2.75, 3.05) is 13.1 Å². The van der Waals surface area contributed by atoms with E-state index in [1.54, 1.807) is 6.07 Å². The van der Waals surface area contributed by atoms with Gasteiger partial charge in [0.2, 0.25) is 0 Å². The molecule has 0 spiro atoms. The van der Waals surface area contributed by atoms with Crippen molar-refractivity contribution in [1.29, 1.82) is 0 Å². The Morgan fingerprint density at radius 2 is 2.15 bits per heavy atom. The molecule has 1 aliphatic heterocycles. The van der Waals surface area contributed by atoms with E-state index in [-0.39, 0.29) is 11.4 Å². The second-order valence-corrected chi connectivity index (χ2v) is 7.07. The van der Waals surface area contributed by atoms with E-state index in [4.69, 9.17) is 11.6 Å². The monoisotopic (exact) mass is 298 g/mol. The van der Waals surface area contributed by atoms with Crippen LogP contribution in [-0.4, -0.2) is 29.6 Å². The van der Waals surface area contributed by atoms with Crippen LogP contribution in [0.4, 0.5) is 4.39 Å². The average Bonchev–Trinajstić information content (AvgIpc) is 2.34. The Bertz CT molecular complexity index is 474. The minimum absolute atomic E-state index is 0.0725. The van der Waals surface area contributed by atoms with E-state index >= 15 is 0 Å². The molecule has 0 amide bonds. The van der Waals surface area contributed by atoms with Crippen LogP contribution in [0.15, 0.2) is 18.2 Å².